The molecule has 3 N–H and O–H groups in total. The normalized spacial score (nSPS) is 12.4. The molecule has 0 aliphatic rings. The summed E-state index contributed by atoms with van der Waals surface area (Å²) >= 11 is 0. The van der Waals surface area contributed by atoms with Crippen LogP contribution in [0.15, 0.2) is 18.5 Å². The zero-order valence-electron chi connectivity index (χ0n) is 7.40. The Balaban J connectivity index is 2.76. The number of nitrogens with zero attached hydrogens (tertiary/aromatic N) is 1. The number of pyridine rings is 1. The topological polar surface area (TPSA) is 76.2 Å². The summed E-state index contributed by atoms with van der Waals surface area (Å²) in [6.45, 7) is 0. The lowest BCUT2D eigenvalue weighted by Crippen LogP contribution is -2.17. The summed E-state index contributed by atoms with van der Waals surface area (Å²) in [5.41, 5.74) is 7.39. The molecule has 5 heteroatoms. The molecule has 0 radical (unpaired) electrons. The molecule has 1 aromatic rings. The van der Waals surface area contributed by atoms with E-state index in [9.17, 15) is 4.79 Å². The number of rotatable bonds is 3. The predicted molar refractivity (Wildman–Crippen MR) is 51.6 cm³/mol. The molecule has 13 heavy (non-hydrogen) atoms. The second-order valence-corrected chi connectivity index (χ2v) is 3.00. The van der Waals surface area contributed by atoms with Gasteiger partial charge in [-0.3, -0.25) is 9.78 Å². The van der Waals surface area contributed by atoms with Crippen molar-refractivity contribution in [2.24, 2.45) is 5.73 Å². The van der Waals surface area contributed by atoms with Gasteiger partial charge in [0.05, 0.1) is 6.42 Å². The highest BCUT2D eigenvalue weighted by Gasteiger charge is 2.10. The van der Waals surface area contributed by atoms with Gasteiger partial charge in [0.2, 0.25) is 0 Å². The molecule has 1 unspecified atom stereocenters. The van der Waals surface area contributed by atoms with E-state index in [1.807, 2.05) is 13.9 Å². The molecule has 0 aliphatic heterocycles. The van der Waals surface area contributed by atoms with E-state index in [4.69, 9.17) is 10.8 Å². The van der Waals surface area contributed by atoms with E-state index in [1.54, 1.807) is 12.4 Å². The minimum absolute atomic E-state index is 0.0644. The molecular formula is C8H11BN2O2. The van der Waals surface area contributed by atoms with Crippen molar-refractivity contribution in [3.8, 4) is 0 Å². The Labute approximate surface area is 77.2 Å². The van der Waals surface area contributed by atoms with Gasteiger partial charge in [0.15, 0.2) is 0 Å². The minimum atomic E-state index is -0.894. The molecule has 1 atom stereocenters. The molecule has 1 heterocycles. The summed E-state index contributed by atoms with van der Waals surface area (Å²) in [4.78, 5) is 14.3. The van der Waals surface area contributed by atoms with Crippen LogP contribution in [-0.2, 0) is 4.79 Å². The Morgan fingerprint density at radius 3 is 2.92 bits per heavy atom. The fraction of sp³-hybridized carbons (Fsp3) is 0.250. The Morgan fingerprint density at radius 1 is 1.69 bits per heavy atom. The number of nitrogens with two attached hydrogens (primary N) is 1. The van der Waals surface area contributed by atoms with Crippen LogP contribution in [0.3, 0.4) is 0 Å². The van der Waals surface area contributed by atoms with E-state index >= 15 is 0 Å². The van der Waals surface area contributed by atoms with Gasteiger partial charge in [-0.05, 0) is 5.56 Å². The van der Waals surface area contributed by atoms with Gasteiger partial charge < -0.3 is 10.8 Å². The maximum Gasteiger partial charge on any atom is 0.305 e. The van der Waals surface area contributed by atoms with Crippen LogP contribution in [-0.4, -0.2) is 23.9 Å². The summed E-state index contributed by atoms with van der Waals surface area (Å²) < 4.78 is 0. The molecule has 1 aromatic heterocycles. The first-order valence-electron chi connectivity index (χ1n) is 3.98. The summed E-state index contributed by atoms with van der Waals surface area (Å²) in [5.74, 6) is -0.894. The van der Waals surface area contributed by atoms with Crippen molar-refractivity contribution in [2.75, 3.05) is 0 Å². The zero-order chi connectivity index (χ0) is 9.84. The lowest BCUT2D eigenvalue weighted by Gasteiger charge is -2.08. The van der Waals surface area contributed by atoms with Crippen LogP contribution in [0, 0.1) is 0 Å². The van der Waals surface area contributed by atoms with Crippen molar-refractivity contribution < 1.29 is 9.90 Å². The average molecular weight is 178 g/mol. The van der Waals surface area contributed by atoms with Crippen molar-refractivity contribution in [1.29, 1.82) is 0 Å². The van der Waals surface area contributed by atoms with Gasteiger partial charge in [-0.2, -0.15) is 0 Å². The minimum Gasteiger partial charge on any atom is -0.481 e. The number of carbonyl (C=O) groups is 1. The molecule has 0 spiro atoms. The second-order valence-electron chi connectivity index (χ2n) is 3.00. The third kappa shape index (κ3) is 2.87. The second kappa shape index (κ2) is 4.05. The van der Waals surface area contributed by atoms with E-state index in [1.165, 1.54) is 0 Å². The van der Waals surface area contributed by atoms with Crippen molar-refractivity contribution in [1.82, 2.24) is 4.98 Å². The van der Waals surface area contributed by atoms with E-state index in [0.717, 1.165) is 11.0 Å². The highest BCUT2D eigenvalue weighted by atomic mass is 16.4. The highest BCUT2D eigenvalue weighted by Crippen LogP contribution is 2.10. The highest BCUT2D eigenvalue weighted by molar-refractivity contribution is 6.32. The van der Waals surface area contributed by atoms with E-state index < -0.39 is 12.0 Å². The first-order chi connectivity index (χ1) is 6.09. The first kappa shape index (κ1) is 9.73. The van der Waals surface area contributed by atoms with E-state index in [2.05, 4.69) is 4.98 Å². The lowest BCUT2D eigenvalue weighted by molar-refractivity contribution is -0.137. The van der Waals surface area contributed by atoms with Gasteiger partial charge in [-0.1, -0.05) is 11.5 Å². The zero-order valence-corrected chi connectivity index (χ0v) is 7.40. The number of carboxylic acid groups (broad SMARTS) is 1. The third-order valence-electron chi connectivity index (χ3n) is 1.72. The van der Waals surface area contributed by atoms with Crippen molar-refractivity contribution in [3.05, 3.63) is 24.0 Å². The number of hydrogen-bond acceptors (Lipinski definition) is 3. The van der Waals surface area contributed by atoms with E-state index in [-0.39, 0.29) is 6.42 Å². The van der Waals surface area contributed by atoms with Crippen LogP contribution in [0.4, 0.5) is 0 Å². The molecule has 1 rings (SSSR count). The van der Waals surface area contributed by atoms with Crippen LogP contribution in [0.5, 0.6) is 0 Å². The van der Waals surface area contributed by atoms with Crippen LogP contribution in [0.1, 0.15) is 18.0 Å². The first-order valence-corrected chi connectivity index (χ1v) is 3.98. The maximum atomic E-state index is 10.4. The van der Waals surface area contributed by atoms with Gasteiger partial charge in [0.25, 0.3) is 0 Å². The van der Waals surface area contributed by atoms with Gasteiger partial charge in [0, 0.05) is 18.4 Å². The summed E-state index contributed by atoms with van der Waals surface area (Å²) in [7, 11) is 1.89. The van der Waals surface area contributed by atoms with Crippen molar-refractivity contribution >= 4 is 19.3 Å². The smallest absolute Gasteiger partial charge is 0.305 e. The molecule has 4 nitrogen and oxygen atoms in total. The molecule has 0 amide bonds. The third-order valence-corrected chi connectivity index (χ3v) is 1.72. The number of aromatic nitrogens is 1. The molecule has 0 saturated carbocycles. The molecule has 68 valence electrons. The quantitative estimate of drug-likeness (QED) is 0.571. The van der Waals surface area contributed by atoms with Gasteiger partial charge in [-0.15, -0.1) is 0 Å². The van der Waals surface area contributed by atoms with Gasteiger partial charge in [0.1, 0.15) is 7.85 Å². The largest absolute Gasteiger partial charge is 0.481 e. The molecule has 0 bridgehead atoms. The Hall–Kier alpha value is -1.36. The molecule has 0 saturated heterocycles. The molecule has 0 fully saturated rings. The van der Waals surface area contributed by atoms with Crippen LogP contribution >= 0.6 is 0 Å². The standard InChI is InChI=1S/C8H11BN2O2/c9-6-1-5(3-11-4-6)7(10)2-8(12)13/h1,3-4,7H,2,9-10H2,(H,12,13). The molecule has 0 aromatic carbocycles. The average Bonchev–Trinajstić information content (AvgIpc) is 2.03. The SMILES string of the molecule is Bc1cncc(C(N)CC(=O)O)c1. The van der Waals surface area contributed by atoms with Crippen LogP contribution in [0.2, 0.25) is 0 Å². The maximum absolute atomic E-state index is 10.4. The summed E-state index contributed by atoms with van der Waals surface area (Å²) in [6, 6.07) is 1.38. The molecule has 0 aliphatic carbocycles. The van der Waals surface area contributed by atoms with E-state index in [0.29, 0.717) is 0 Å². The lowest BCUT2D eigenvalue weighted by atomic mass is 9.95. The van der Waals surface area contributed by atoms with Crippen LogP contribution in [0.25, 0.3) is 0 Å². The summed E-state index contributed by atoms with van der Waals surface area (Å²) in [5, 5.41) is 8.51. The van der Waals surface area contributed by atoms with Crippen LogP contribution < -0.4 is 11.2 Å². The Bertz CT molecular complexity index is 317. The number of hydrogen-bond donors (Lipinski definition) is 2. The van der Waals surface area contributed by atoms with Gasteiger partial charge in [-0.25, -0.2) is 0 Å². The predicted octanol–water partition coefficient (Wildman–Crippen LogP) is -1.19. The summed E-state index contributed by atoms with van der Waals surface area (Å²) in [6.07, 6.45) is 3.24. The van der Waals surface area contributed by atoms with Crippen molar-refractivity contribution in [2.45, 2.75) is 12.5 Å². The fourth-order valence-electron chi connectivity index (χ4n) is 1.09. The monoisotopic (exact) mass is 178 g/mol. The fourth-order valence-corrected chi connectivity index (χ4v) is 1.09. The van der Waals surface area contributed by atoms with Crippen molar-refractivity contribution in [3.63, 3.8) is 0 Å². The molecular weight excluding hydrogens is 167 g/mol. The number of aliphatic carboxylic acids is 1. The Kier molecular flexibility index (Phi) is 3.03. The van der Waals surface area contributed by atoms with Gasteiger partial charge >= 0.3 is 5.97 Å². The Morgan fingerprint density at radius 2 is 2.38 bits per heavy atom. The number of carboxylic acids is 1.